The van der Waals surface area contributed by atoms with Gasteiger partial charge in [0.15, 0.2) is 0 Å². The molecule has 0 aromatic heterocycles. The molecule has 6 heteroatoms. The van der Waals surface area contributed by atoms with Gasteiger partial charge in [-0.05, 0) is 107 Å². The van der Waals surface area contributed by atoms with E-state index in [4.69, 9.17) is 0 Å². The van der Waals surface area contributed by atoms with E-state index in [0.29, 0.717) is 30.5 Å². The first-order valence-electron chi connectivity index (χ1n) is 15.4. The number of hydrogen-bond donors (Lipinski definition) is 2. The standard InChI is InChI=1S/C33H53N3O3/c1-25-17-26-19-27(18-25)21-33(2,20-26)35-16-9-7-5-6-8-11-28-12-10-13-29(23-37)31(28)22-36(4)30(24-38)14-15-32(39)34-3/h10,12-13,23-27,30,35H,5-9,11,14-22H2,1-4H3,(H,34,39). The van der Waals surface area contributed by atoms with Crippen molar-refractivity contribution in [1.82, 2.24) is 15.5 Å². The molecule has 2 N–H and O–H groups in total. The van der Waals surface area contributed by atoms with Crippen LogP contribution in [0.15, 0.2) is 18.2 Å². The summed E-state index contributed by atoms with van der Waals surface area (Å²) in [6.45, 7) is 6.55. The van der Waals surface area contributed by atoms with Crippen LogP contribution in [-0.4, -0.2) is 55.6 Å². The molecule has 39 heavy (non-hydrogen) atoms. The first-order chi connectivity index (χ1) is 18.8. The fourth-order valence-electron chi connectivity index (χ4n) is 7.45. The van der Waals surface area contributed by atoms with Gasteiger partial charge in [0.1, 0.15) is 12.6 Å². The van der Waals surface area contributed by atoms with Crippen molar-refractivity contribution in [2.75, 3.05) is 20.6 Å². The number of aldehydes is 2. The summed E-state index contributed by atoms with van der Waals surface area (Å²) in [5.74, 6) is 2.71. The van der Waals surface area contributed by atoms with Gasteiger partial charge in [0.2, 0.25) is 5.91 Å². The fraction of sp³-hybridized carbons (Fsp3) is 0.727. The molecule has 0 aliphatic heterocycles. The molecule has 218 valence electrons. The maximum atomic E-state index is 11.8. The number of carbonyl (C=O) groups is 3. The Morgan fingerprint density at radius 2 is 1.77 bits per heavy atom. The number of likely N-dealkylation sites (N-methyl/N-ethyl adjacent to an activating group) is 1. The Bertz CT molecular complexity index is 915. The van der Waals surface area contributed by atoms with Gasteiger partial charge >= 0.3 is 0 Å². The lowest BCUT2D eigenvalue weighted by Gasteiger charge is -2.47. The molecule has 0 saturated heterocycles. The van der Waals surface area contributed by atoms with E-state index in [1.54, 1.807) is 7.05 Å². The number of rotatable bonds is 17. The van der Waals surface area contributed by atoms with Crippen molar-refractivity contribution in [2.45, 2.75) is 115 Å². The van der Waals surface area contributed by atoms with Gasteiger partial charge in [-0.2, -0.15) is 0 Å². The number of hydrogen-bond acceptors (Lipinski definition) is 5. The molecule has 2 bridgehead atoms. The highest BCUT2D eigenvalue weighted by atomic mass is 16.1. The highest BCUT2D eigenvalue weighted by Crippen LogP contribution is 2.46. The summed E-state index contributed by atoms with van der Waals surface area (Å²) in [5.41, 5.74) is 3.22. The third-order valence-corrected chi connectivity index (χ3v) is 9.30. The van der Waals surface area contributed by atoms with Crippen molar-refractivity contribution in [3.63, 3.8) is 0 Å². The van der Waals surface area contributed by atoms with Crippen molar-refractivity contribution in [3.8, 4) is 0 Å². The Morgan fingerprint density at radius 3 is 2.44 bits per heavy atom. The van der Waals surface area contributed by atoms with E-state index in [1.807, 2.05) is 24.1 Å². The van der Waals surface area contributed by atoms with Gasteiger partial charge in [-0.3, -0.25) is 14.5 Å². The largest absolute Gasteiger partial charge is 0.359 e. The van der Waals surface area contributed by atoms with Gasteiger partial charge in [-0.25, -0.2) is 0 Å². The number of nitrogens with zero attached hydrogens (tertiary/aromatic N) is 1. The molecule has 3 atom stereocenters. The fourth-order valence-corrected chi connectivity index (χ4v) is 7.45. The van der Waals surface area contributed by atoms with Crippen LogP contribution in [0.4, 0.5) is 0 Å². The molecule has 6 nitrogen and oxygen atoms in total. The number of fused-ring (bicyclic) bond motifs is 2. The molecular weight excluding hydrogens is 486 g/mol. The zero-order valence-electron chi connectivity index (χ0n) is 25.0. The number of benzene rings is 1. The lowest BCUT2D eigenvalue weighted by Crippen LogP contribution is -2.50. The Morgan fingerprint density at radius 1 is 1.08 bits per heavy atom. The average Bonchev–Trinajstić information content (AvgIpc) is 2.90. The molecule has 2 saturated carbocycles. The van der Waals surface area contributed by atoms with Crippen LogP contribution in [0.5, 0.6) is 0 Å². The summed E-state index contributed by atoms with van der Waals surface area (Å²) in [6.07, 6.45) is 16.6. The van der Waals surface area contributed by atoms with Crippen molar-refractivity contribution < 1.29 is 14.4 Å². The van der Waals surface area contributed by atoms with Crippen LogP contribution in [-0.2, 0) is 22.6 Å². The minimum absolute atomic E-state index is 0.0693. The van der Waals surface area contributed by atoms with E-state index < -0.39 is 0 Å². The van der Waals surface area contributed by atoms with Crippen LogP contribution in [0.3, 0.4) is 0 Å². The van der Waals surface area contributed by atoms with Gasteiger partial charge in [-0.15, -0.1) is 0 Å². The van der Waals surface area contributed by atoms with E-state index in [2.05, 4.69) is 30.5 Å². The molecular formula is C33H53N3O3. The third-order valence-electron chi connectivity index (χ3n) is 9.30. The second kappa shape index (κ2) is 15.7. The van der Waals surface area contributed by atoms with Crippen molar-refractivity contribution >= 4 is 18.5 Å². The van der Waals surface area contributed by atoms with Crippen LogP contribution in [0.2, 0.25) is 0 Å². The van der Waals surface area contributed by atoms with Gasteiger partial charge in [-0.1, -0.05) is 44.4 Å². The van der Waals surface area contributed by atoms with Crippen molar-refractivity contribution in [2.24, 2.45) is 17.8 Å². The topological polar surface area (TPSA) is 78.5 Å². The summed E-state index contributed by atoms with van der Waals surface area (Å²) in [7, 11) is 3.50. The van der Waals surface area contributed by atoms with Crippen LogP contribution in [0.25, 0.3) is 0 Å². The number of unbranched alkanes of at least 4 members (excludes halogenated alkanes) is 4. The number of amides is 1. The molecule has 0 radical (unpaired) electrons. The highest BCUT2D eigenvalue weighted by Gasteiger charge is 2.40. The van der Waals surface area contributed by atoms with E-state index in [0.717, 1.165) is 55.3 Å². The summed E-state index contributed by atoms with van der Waals surface area (Å²) in [4.78, 5) is 37.1. The molecule has 2 fully saturated rings. The Kier molecular flexibility index (Phi) is 12.6. The van der Waals surface area contributed by atoms with Crippen LogP contribution in [0, 0.1) is 17.8 Å². The number of nitrogens with one attached hydrogen (secondary N) is 2. The molecule has 2 aliphatic rings. The average molecular weight is 540 g/mol. The number of carbonyl (C=O) groups excluding carboxylic acids is 3. The Labute approximate surface area is 237 Å². The zero-order chi connectivity index (χ0) is 28.3. The van der Waals surface area contributed by atoms with Gasteiger partial charge in [0.05, 0.1) is 6.04 Å². The molecule has 1 aromatic rings. The minimum atomic E-state index is -0.359. The maximum Gasteiger partial charge on any atom is 0.219 e. The highest BCUT2D eigenvalue weighted by molar-refractivity contribution is 5.78. The summed E-state index contributed by atoms with van der Waals surface area (Å²) in [5, 5.41) is 6.55. The summed E-state index contributed by atoms with van der Waals surface area (Å²) < 4.78 is 0. The third kappa shape index (κ3) is 9.82. The van der Waals surface area contributed by atoms with Gasteiger partial charge in [0, 0.05) is 31.1 Å². The van der Waals surface area contributed by atoms with Crippen LogP contribution >= 0.6 is 0 Å². The molecule has 0 spiro atoms. The first-order valence-corrected chi connectivity index (χ1v) is 15.4. The molecule has 3 unspecified atom stereocenters. The Balaban J connectivity index is 1.39. The van der Waals surface area contributed by atoms with E-state index in [9.17, 15) is 14.4 Å². The summed E-state index contributed by atoms with van der Waals surface area (Å²) in [6, 6.07) is 5.56. The van der Waals surface area contributed by atoms with Gasteiger partial charge < -0.3 is 15.4 Å². The lowest BCUT2D eigenvalue weighted by atomic mass is 9.62. The second-order valence-corrected chi connectivity index (χ2v) is 12.9. The Hall–Kier alpha value is -2.05. The molecule has 1 aromatic carbocycles. The van der Waals surface area contributed by atoms with E-state index in [1.165, 1.54) is 63.4 Å². The monoisotopic (exact) mass is 539 g/mol. The van der Waals surface area contributed by atoms with E-state index >= 15 is 0 Å². The minimum Gasteiger partial charge on any atom is -0.359 e. The molecule has 3 rings (SSSR count). The normalized spacial score (nSPS) is 25.3. The molecule has 1 amide bonds. The van der Waals surface area contributed by atoms with Crippen LogP contribution < -0.4 is 10.6 Å². The SMILES string of the molecule is CNC(=O)CCC(C=O)N(C)Cc1c(C=O)cccc1CCCCCCCNC1(C)CC2CC(C)CC(C2)C1. The first kappa shape index (κ1) is 31.5. The van der Waals surface area contributed by atoms with Crippen molar-refractivity contribution in [1.29, 1.82) is 0 Å². The smallest absolute Gasteiger partial charge is 0.219 e. The van der Waals surface area contributed by atoms with Crippen molar-refractivity contribution in [3.05, 3.63) is 34.9 Å². The molecule has 0 heterocycles. The van der Waals surface area contributed by atoms with Gasteiger partial charge in [0.25, 0.3) is 0 Å². The van der Waals surface area contributed by atoms with E-state index in [-0.39, 0.29) is 11.9 Å². The predicted octanol–water partition coefficient (Wildman–Crippen LogP) is 5.71. The second-order valence-electron chi connectivity index (χ2n) is 12.9. The zero-order valence-corrected chi connectivity index (χ0v) is 25.0. The maximum absolute atomic E-state index is 11.8. The quantitative estimate of drug-likeness (QED) is 0.196. The number of aryl methyl sites for hydroxylation is 1. The molecule has 2 aliphatic carbocycles. The summed E-state index contributed by atoms with van der Waals surface area (Å²) >= 11 is 0. The lowest BCUT2D eigenvalue weighted by molar-refractivity contribution is -0.121. The predicted molar refractivity (Wildman–Crippen MR) is 159 cm³/mol. The van der Waals surface area contributed by atoms with Crippen LogP contribution in [0.1, 0.15) is 112 Å².